The summed E-state index contributed by atoms with van der Waals surface area (Å²) in [6.07, 6.45) is 4.18. The van der Waals surface area contributed by atoms with Crippen molar-refractivity contribution in [2.75, 3.05) is 18.0 Å². The molecule has 4 nitrogen and oxygen atoms in total. The first kappa shape index (κ1) is 13.6. The molecule has 1 saturated heterocycles. The minimum atomic E-state index is -0.140. The first-order chi connectivity index (χ1) is 10.3. The maximum atomic E-state index is 11.9. The Morgan fingerprint density at radius 1 is 1.10 bits per heavy atom. The van der Waals surface area contributed by atoms with Crippen LogP contribution in [0.25, 0.3) is 0 Å². The highest BCUT2D eigenvalue weighted by molar-refractivity contribution is 5.92. The van der Waals surface area contributed by atoms with Crippen molar-refractivity contribution in [1.29, 1.82) is 0 Å². The van der Waals surface area contributed by atoms with Gasteiger partial charge in [0.1, 0.15) is 5.69 Å². The van der Waals surface area contributed by atoms with E-state index in [9.17, 15) is 4.79 Å². The molecule has 0 spiro atoms. The normalized spacial score (nSPS) is 14.2. The second-order valence-corrected chi connectivity index (χ2v) is 5.26. The Labute approximate surface area is 124 Å². The fourth-order valence-electron chi connectivity index (χ4n) is 2.57. The largest absolute Gasteiger partial charge is 0.372 e. The number of hydrogen-bond donors (Lipinski definition) is 1. The third kappa shape index (κ3) is 3.40. The molecular weight excluding hydrogens is 262 g/mol. The predicted octanol–water partition coefficient (Wildman–Crippen LogP) is 2.61. The molecule has 1 fully saturated rings. The van der Waals surface area contributed by atoms with Crippen molar-refractivity contribution >= 4 is 11.6 Å². The summed E-state index contributed by atoms with van der Waals surface area (Å²) in [6.45, 7) is 2.82. The molecule has 0 aliphatic carbocycles. The van der Waals surface area contributed by atoms with E-state index in [4.69, 9.17) is 0 Å². The van der Waals surface area contributed by atoms with Crippen LogP contribution in [0.4, 0.5) is 5.69 Å². The minimum absolute atomic E-state index is 0.140. The molecule has 1 N–H and O–H groups in total. The van der Waals surface area contributed by atoms with Crippen LogP contribution in [0, 0.1) is 0 Å². The zero-order chi connectivity index (χ0) is 14.5. The summed E-state index contributed by atoms with van der Waals surface area (Å²) in [4.78, 5) is 18.3. The van der Waals surface area contributed by atoms with Gasteiger partial charge in [-0.15, -0.1) is 0 Å². The van der Waals surface area contributed by atoms with E-state index < -0.39 is 0 Å². The lowest BCUT2D eigenvalue weighted by Crippen LogP contribution is -2.23. The highest BCUT2D eigenvalue weighted by Gasteiger charge is 2.12. The number of nitrogens with one attached hydrogen (secondary N) is 1. The number of anilines is 1. The van der Waals surface area contributed by atoms with Gasteiger partial charge < -0.3 is 10.2 Å². The van der Waals surface area contributed by atoms with E-state index in [0.717, 1.165) is 18.7 Å². The van der Waals surface area contributed by atoms with Gasteiger partial charge in [-0.1, -0.05) is 18.2 Å². The second-order valence-electron chi connectivity index (χ2n) is 5.26. The molecule has 2 heterocycles. The first-order valence-electron chi connectivity index (χ1n) is 7.36. The molecule has 1 aromatic carbocycles. The van der Waals surface area contributed by atoms with Crippen molar-refractivity contribution in [3.05, 3.63) is 59.9 Å². The van der Waals surface area contributed by atoms with Gasteiger partial charge in [-0.2, -0.15) is 0 Å². The summed E-state index contributed by atoms with van der Waals surface area (Å²) in [7, 11) is 0. The summed E-state index contributed by atoms with van der Waals surface area (Å²) in [5.41, 5.74) is 2.82. The van der Waals surface area contributed by atoms with Gasteiger partial charge in [-0.05, 0) is 42.7 Å². The summed E-state index contributed by atoms with van der Waals surface area (Å²) in [5, 5.41) is 2.89. The Morgan fingerprint density at radius 2 is 1.86 bits per heavy atom. The second kappa shape index (κ2) is 6.39. The average Bonchev–Trinajstić information content (AvgIpc) is 3.08. The van der Waals surface area contributed by atoms with Gasteiger partial charge in [0.2, 0.25) is 0 Å². The van der Waals surface area contributed by atoms with Crippen LogP contribution in [0.15, 0.2) is 48.7 Å². The molecule has 0 bridgehead atoms. The van der Waals surface area contributed by atoms with Gasteiger partial charge in [-0.25, -0.2) is 0 Å². The molecule has 0 atom stereocenters. The lowest BCUT2D eigenvalue weighted by molar-refractivity contribution is 0.0946. The van der Waals surface area contributed by atoms with Crippen LogP contribution in [0.3, 0.4) is 0 Å². The lowest BCUT2D eigenvalue weighted by atomic mass is 10.2. The molecule has 1 aromatic heterocycles. The van der Waals surface area contributed by atoms with Crippen molar-refractivity contribution in [2.24, 2.45) is 0 Å². The summed E-state index contributed by atoms with van der Waals surface area (Å²) in [6, 6.07) is 13.7. The lowest BCUT2D eigenvalue weighted by Gasteiger charge is -2.17. The molecule has 0 radical (unpaired) electrons. The fraction of sp³-hybridized carbons (Fsp3) is 0.294. The van der Waals surface area contributed by atoms with Crippen molar-refractivity contribution in [2.45, 2.75) is 19.4 Å². The standard InChI is InChI=1S/C17H19N3O/c21-17(16-5-1-2-10-18-16)19-13-14-6-8-15(9-7-14)20-11-3-4-12-20/h1-2,5-10H,3-4,11-13H2,(H,19,21). The maximum absolute atomic E-state index is 11.9. The summed E-state index contributed by atoms with van der Waals surface area (Å²) < 4.78 is 0. The Morgan fingerprint density at radius 3 is 2.52 bits per heavy atom. The van der Waals surface area contributed by atoms with Crippen molar-refractivity contribution < 1.29 is 4.79 Å². The minimum Gasteiger partial charge on any atom is -0.372 e. The highest BCUT2D eigenvalue weighted by atomic mass is 16.1. The fourth-order valence-corrected chi connectivity index (χ4v) is 2.57. The Hall–Kier alpha value is -2.36. The number of aromatic nitrogens is 1. The third-order valence-electron chi connectivity index (χ3n) is 3.76. The maximum Gasteiger partial charge on any atom is 0.270 e. The van der Waals surface area contributed by atoms with Gasteiger partial charge in [0.25, 0.3) is 5.91 Å². The molecular formula is C17H19N3O. The van der Waals surface area contributed by atoms with Crippen LogP contribution in [0.2, 0.25) is 0 Å². The molecule has 3 rings (SSSR count). The van der Waals surface area contributed by atoms with Crippen LogP contribution >= 0.6 is 0 Å². The Kier molecular flexibility index (Phi) is 4.15. The van der Waals surface area contributed by atoms with Crippen LogP contribution in [0.1, 0.15) is 28.9 Å². The van der Waals surface area contributed by atoms with Crippen LogP contribution in [-0.4, -0.2) is 24.0 Å². The van der Waals surface area contributed by atoms with Gasteiger partial charge >= 0.3 is 0 Å². The number of carbonyl (C=O) groups is 1. The highest BCUT2D eigenvalue weighted by Crippen LogP contribution is 2.20. The average molecular weight is 281 g/mol. The monoisotopic (exact) mass is 281 g/mol. The molecule has 0 unspecified atom stereocenters. The molecule has 108 valence electrons. The summed E-state index contributed by atoms with van der Waals surface area (Å²) >= 11 is 0. The Bertz CT molecular complexity index is 589. The van der Waals surface area contributed by atoms with Crippen molar-refractivity contribution in [3.8, 4) is 0 Å². The van der Waals surface area contributed by atoms with E-state index in [1.807, 2.05) is 6.07 Å². The van der Waals surface area contributed by atoms with E-state index in [-0.39, 0.29) is 5.91 Å². The van der Waals surface area contributed by atoms with E-state index in [1.165, 1.54) is 18.5 Å². The zero-order valence-corrected chi connectivity index (χ0v) is 12.0. The van der Waals surface area contributed by atoms with Crippen LogP contribution in [-0.2, 0) is 6.54 Å². The van der Waals surface area contributed by atoms with Crippen molar-refractivity contribution in [3.63, 3.8) is 0 Å². The SMILES string of the molecule is O=C(NCc1ccc(N2CCCC2)cc1)c1ccccn1. The third-order valence-corrected chi connectivity index (χ3v) is 3.76. The van der Waals surface area contributed by atoms with Crippen LogP contribution in [0.5, 0.6) is 0 Å². The number of pyridine rings is 1. The smallest absolute Gasteiger partial charge is 0.270 e. The van der Waals surface area contributed by atoms with Gasteiger partial charge in [-0.3, -0.25) is 9.78 Å². The topological polar surface area (TPSA) is 45.2 Å². The van der Waals surface area contributed by atoms with Gasteiger partial charge in [0.05, 0.1) is 0 Å². The molecule has 2 aromatic rings. The number of rotatable bonds is 4. The predicted molar refractivity (Wildman–Crippen MR) is 83.3 cm³/mol. The molecule has 0 saturated carbocycles. The number of hydrogen-bond acceptors (Lipinski definition) is 3. The van der Waals surface area contributed by atoms with Gasteiger partial charge in [0.15, 0.2) is 0 Å². The van der Waals surface area contributed by atoms with E-state index >= 15 is 0 Å². The zero-order valence-electron chi connectivity index (χ0n) is 12.0. The summed E-state index contributed by atoms with van der Waals surface area (Å²) in [5.74, 6) is -0.140. The van der Waals surface area contributed by atoms with Crippen molar-refractivity contribution in [1.82, 2.24) is 10.3 Å². The molecule has 1 amide bonds. The molecule has 21 heavy (non-hydrogen) atoms. The number of benzene rings is 1. The van der Waals surface area contributed by atoms with E-state index in [1.54, 1.807) is 18.3 Å². The molecule has 4 heteroatoms. The van der Waals surface area contributed by atoms with Gasteiger partial charge in [0, 0.05) is 31.5 Å². The van der Waals surface area contributed by atoms with E-state index in [2.05, 4.69) is 39.5 Å². The quantitative estimate of drug-likeness (QED) is 0.937. The number of amides is 1. The Balaban J connectivity index is 1.57. The number of carbonyl (C=O) groups excluding carboxylic acids is 1. The molecule has 1 aliphatic heterocycles. The molecule has 1 aliphatic rings. The first-order valence-corrected chi connectivity index (χ1v) is 7.36. The van der Waals surface area contributed by atoms with E-state index in [0.29, 0.717) is 12.2 Å². The van der Waals surface area contributed by atoms with Crippen LogP contribution < -0.4 is 10.2 Å². The number of nitrogens with zero attached hydrogens (tertiary/aromatic N) is 2.